The zero-order valence-electron chi connectivity index (χ0n) is 13.8. The minimum absolute atomic E-state index is 0.385. The second-order valence-corrected chi connectivity index (χ2v) is 6.47. The minimum Gasteiger partial charge on any atom is -0.435 e. The third kappa shape index (κ3) is 2.89. The number of hydrogen-bond acceptors (Lipinski definition) is 4. The fourth-order valence-corrected chi connectivity index (χ4v) is 3.98. The molecule has 3 rings (SSSR count). The van der Waals surface area contributed by atoms with E-state index in [0.717, 1.165) is 24.0 Å². The summed E-state index contributed by atoms with van der Waals surface area (Å²) in [5.74, 6) is -0.872. The normalized spacial score (nSPS) is 26.8. The van der Waals surface area contributed by atoms with E-state index in [-0.39, 0.29) is 0 Å². The van der Waals surface area contributed by atoms with Gasteiger partial charge in [-0.05, 0) is 29.7 Å². The van der Waals surface area contributed by atoms with Crippen molar-refractivity contribution in [2.75, 3.05) is 5.73 Å². The van der Waals surface area contributed by atoms with Crippen LogP contribution in [0.1, 0.15) is 43.2 Å². The highest BCUT2D eigenvalue weighted by atomic mass is 16.6. The summed E-state index contributed by atoms with van der Waals surface area (Å²) < 4.78 is 5.19. The number of ether oxygens (including phenoxy) is 1. The highest BCUT2D eigenvalue weighted by Crippen LogP contribution is 2.50. The lowest BCUT2D eigenvalue weighted by molar-refractivity contribution is -0.188. The number of aliphatic hydroxyl groups is 1. The van der Waals surface area contributed by atoms with Gasteiger partial charge in [-0.2, -0.15) is 0 Å². The fourth-order valence-electron chi connectivity index (χ4n) is 3.98. The van der Waals surface area contributed by atoms with Gasteiger partial charge in [0.25, 0.3) is 0 Å². The zero-order chi connectivity index (χ0) is 17.2. The predicted molar refractivity (Wildman–Crippen MR) is 93.3 cm³/mol. The van der Waals surface area contributed by atoms with Crippen molar-refractivity contribution in [3.05, 3.63) is 65.7 Å². The van der Waals surface area contributed by atoms with Gasteiger partial charge in [0, 0.05) is 17.5 Å². The van der Waals surface area contributed by atoms with Crippen molar-refractivity contribution >= 4 is 11.7 Å². The van der Waals surface area contributed by atoms with Gasteiger partial charge in [0.15, 0.2) is 0 Å². The molecule has 2 aromatic carbocycles. The van der Waals surface area contributed by atoms with Crippen LogP contribution in [0, 0.1) is 0 Å². The first-order chi connectivity index (χ1) is 11.6. The lowest BCUT2D eigenvalue weighted by atomic mass is 9.62. The van der Waals surface area contributed by atoms with E-state index in [1.807, 2.05) is 48.5 Å². The summed E-state index contributed by atoms with van der Waals surface area (Å²) in [5, 5.41) is 10.2. The van der Waals surface area contributed by atoms with E-state index in [9.17, 15) is 9.90 Å². The lowest BCUT2D eigenvalue weighted by Gasteiger charge is -2.45. The number of anilines is 1. The molecule has 3 atom stereocenters. The minimum atomic E-state index is -1.08. The Morgan fingerprint density at radius 1 is 1.21 bits per heavy atom. The van der Waals surface area contributed by atoms with E-state index in [2.05, 4.69) is 6.92 Å². The van der Waals surface area contributed by atoms with Gasteiger partial charge >= 0.3 is 5.97 Å². The Morgan fingerprint density at radius 2 is 1.96 bits per heavy atom. The van der Waals surface area contributed by atoms with E-state index in [4.69, 9.17) is 10.5 Å². The molecule has 0 spiro atoms. The third-order valence-electron chi connectivity index (χ3n) is 4.87. The van der Waals surface area contributed by atoms with Crippen LogP contribution in [0.5, 0.6) is 0 Å². The molecule has 1 heterocycles. The number of esters is 1. The molecule has 0 amide bonds. The molecule has 0 radical (unpaired) electrons. The maximum absolute atomic E-state index is 12.8. The molecule has 0 bridgehead atoms. The molecule has 2 aromatic rings. The van der Waals surface area contributed by atoms with Crippen molar-refractivity contribution in [1.29, 1.82) is 0 Å². The monoisotopic (exact) mass is 325 g/mol. The van der Waals surface area contributed by atoms with Crippen LogP contribution in [0.2, 0.25) is 0 Å². The molecule has 3 N–H and O–H groups in total. The standard InChI is InChI=1S/C20H23NO3/c1-2-11-20(15-8-4-3-5-9-15)13-17(22)24-19(23)18(20)14-7-6-10-16(21)12-14/h3-10,12,17-18,22H,2,11,13,21H2,1H3. The zero-order valence-corrected chi connectivity index (χ0v) is 13.8. The summed E-state index contributed by atoms with van der Waals surface area (Å²) in [5.41, 5.74) is 7.94. The van der Waals surface area contributed by atoms with Crippen LogP contribution in [0.3, 0.4) is 0 Å². The number of nitrogens with two attached hydrogens (primary N) is 1. The second-order valence-electron chi connectivity index (χ2n) is 6.47. The summed E-state index contributed by atoms with van der Waals surface area (Å²) in [7, 11) is 0. The molecule has 1 aliphatic heterocycles. The predicted octanol–water partition coefficient (Wildman–Crippen LogP) is 3.36. The van der Waals surface area contributed by atoms with E-state index in [0.29, 0.717) is 12.1 Å². The summed E-state index contributed by atoms with van der Waals surface area (Å²) in [4.78, 5) is 12.8. The van der Waals surface area contributed by atoms with Crippen molar-refractivity contribution in [2.24, 2.45) is 0 Å². The van der Waals surface area contributed by atoms with Crippen LogP contribution in [-0.4, -0.2) is 17.4 Å². The summed E-state index contributed by atoms with van der Waals surface area (Å²) in [6.45, 7) is 2.09. The average Bonchev–Trinajstić information content (AvgIpc) is 2.55. The number of benzene rings is 2. The first-order valence-corrected chi connectivity index (χ1v) is 8.36. The van der Waals surface area contributed by atoms with E-state index >= 15 is 0 Å². The Bertz CT molecular complexity index is 716. The van der Waals surface area contributed by atoms with Gasteiger partial charge in [-0.3, -0.25) is 4.79 Å². The van der Waals surface area contributed by atoms with Gasteiger partial charge in [0.1, 0.15) is 0 Å². The van der Waals surface area contributed by atoms with Crippen LogP contribution >= 0.6 is 0 Å². The molecule has 4 nitrogen and oxygen atoms in total. The second kappa shape index (κ2) is 6.65. The molecule has 24 heavy (non-hydrogen) atoms. The molecule has 1 fully saturated rings. The Balaban J connectivity index is 2.18. The topological polar surface area (TPSA) is 72.5 Å². The Labute approximate surface area is 142 Å². The molecule has 1 saturated heterocycles. The number of aliphatic hydroxyl groups excluding tert-OH is 1. The fraction of sp³-hybridized carbons (Fsp3) is 0.350. The van der Waals surface area contributed by atoms with Crippen molar-refractivity contribution in [1.82, 2.24) is 0 Å². The third-order valence-corrected chi connectivity index (χ3v) is 4.87. The van der Waals surface area contributed by atoms with Gasteiger partial charge < -0.3 is 15.6 Å². The van der Waals surface area contributed by atoms with Crippen LogP contribution in [-0.2, 0) is 14.9 Å². The number of carbonyl (C=O) groups is 1. The summed E-state index contributed by atoms with van der Waals surface area (Å²) in [6, 6.07) is 17.3. The van der Waals surface area contributed by atoms with Crippen LogP contribution in [0.4, 0.5) is 5.69 Å². The van der Waals surface area contributed by atoms with Gasteiger partial charge in [-0.1, -0.05) is 55.8 Å². The highest BCUT2D eigenvalue weighted by Gasteiger charge is 2.51. The van der Waals surface area contributed by atoms with E-state index in [1.54, 1.807) is 6.07 Å². The number of hydrogen-bond donors (Lipinski definition) is 2. The maximum atomic E-state index is 12.8. The quantitative estimate of drug-likeness (QED) is 0.668. The lowest BCUT2D eigenvalue weighted by Crippen LogP contribution is -2.48. The Hall–Kier alpha value is -2.33. The van der Waals surface area contributed by atoms with Gasteiger partial charge in [0.2, 0.25) is 6.29 Å². The molecule has 0 aromatic heterocycles. The first-order valence-electron chi connectivity index (χ1n) is 8.36. The number of carbonyl (C=O) groups excluding carboxylic acids is 1. The molecule has 0 aliphatic carbocycles. The summed E-state index contributed by atoms with van der Waals surface area (Å²) in [6.07, 6.45) is 0.980. The van der Waals surface area contributed by atoms with E-state index in [1.165, 1.54) is 0 Å². The largest absolute Gasteiger partial charge is 0.435 e. The average molecular weight is 325 g/mol. The van der Waals surface area contributed by atoms with Gasteiger partial charge in [-0.15, -0.1) is 0 Å². The highest BCUT2D eigenvalue weighted by molar-refractivity contribution is 5.82. The number of rotatable bonds is 4. The molecule has 3 unspecified atom stereocenters. The smallest absolute Gasteiger partial charge is 0.316 e. The number of nitrogen functional groups attached to an aromatic ring is 1. The maximum Gasteiger partial charge on any atom is 0.316 e. The first kappa shape index (κ1) is 16.5. The molecule has 1 aliphatic rings. The molecule has 4 heteroatoms. The Kier molecular flexibility index (Phi) is 4.58. The van der Waals surface area contributed by atoms with Crippen LogP contribution < -0.4 is 5.73 Å². The summed E-state index contributed by atoms with van der Waals surface area (Å²) >= 11 is 0. The van der Waals surface area contributed by atoms with Gasteiger partial charge in [0.05, 0.1) is 5.92 Å². The molecular weight excluding hydrogens is 302 g/mol. The van der Waals surface area contributed by atoms with Crippen molar-refractivity contribution in [3.63, 3.8) is 0 Å². The number of cyclic esters (lactones) is 1. The van der Waals surface area contributed by atoms with Crippen molar-refractivity contribution in [2.45, 2.75) is 43.8 Å². The van der Waals surface area contributed by atoms with Crippen LogP contribution in [0.15, 0.2) is 54.6 Å². The van der Waals surface area contributed by atoms with Crippen molar-refractivity contribution in [3.8, 4) is 0 Å². The Morgan fingerprint density at radius 3 is 2.62 bits per heavy atom. The van der Waals surface area contributed by atoms with Crippen LogP contribution in [0.25, 0.3) is 0 Å². The van der Waals surface area contributed by atoms with Gasteiger partial charge in [-0.25, -0.2) is 0 Å². The molecule has 126 valence electrons. The van der Waals surface area contributed by atoms with Crippen molar-refractivity contribution < 1.29 is 14.6 Å². The SMILES string of the molecule is CCCC1(c2ccccc2)CC(O)OC(=O)C1c1cccc(N)c1. The molecular formula is C20H23NO3. The van der Waals surface area contributed by atoms with E-state index < -0.39 is 23.6 Å². The molecule has 0 saturated carbocycles.